The molecule has 0 radical (unpaired) electrons. The first-order valence-electron chi connectivity index (χ1n) is 6.64. The van der Waals surface area contributed by atoms with Gasteiger partial charge in [-0.2, -0.15) is 0 Å². The van der Waals surface area contributed by atoms with Crippen LogP contribution in [-0.4, -0.2) is 24.7 Å². The van der Waals surface area contributed by atoms with E-state index in [1.807, 2.05) is 31.2 Å². The van der Waals surface area contributed by atoms with Crippen LogP contribution in [0.5, 0.6) is 0 Å². The summed E-state index contributed by atoms with van der Waals surface area (Å²) in [6, 6.07) is 7.83. The van der Waals surface area contributed by atoms with Gasteiger partial charge in [-0.3, -0.25) is 0 Å². The maximum atomic E-state index is 11.8. The zero-order valence-electron chi connectivity index (χ0n) is 12.3. The van der Waals surface area contributed by atoms with Crippen LogP contribution in [0.15, 0.2) is 24.3 Å². The van der Waals surface area contributed by atoms with Crippen LogP contribution in [0.25, 0.3) is 0 Å². The number of methoxy groups -OCH3 is 1. The number of thiazole rings is 1. The average molecular weight is 306 g/mol. The fourth-order valence-corrected chi connectivity index (χ4v) is 2.69. The SMILES string of the molecule is CCOC(=O)c1nc(Nc2ccccc2COC)sc1C. The van der Waals surface area contributed by atoms with Crippen molar-refractivity contribution in [2.75, 3.05) is 19.0 Å². The highest BCUT2D eigenvalue weighted by molar-refractivity contribution is 7.15. The third-order valence-electron chi connectivity index (χ3n) is 2.82. The first-order chi connectivity index (χ1) is 10.2. The lowest BCUT2D eigenvalue weighted by Gasteiger charge is -2.08. The Balaban J connectivity index is 2.21. The molecule has 6 heteroatoms. The molecule has 0 aliphatic carbocycles. The predicted molar refractivity (Wildman–Crippen MR) is 83.2 cm³/mol. The number of nitrogens with one attached hydrogen (secondary N) is 1. The molecule has 0 aliphatic heterocycles. The van der Waals surface area contributed by atoms with E-state index < -0.39 is 0 Å². The number of carbonyl (C=O) groups excluding carboxylic acids is 1. The molecule has 0 saturated carbocycles. The zero-order valence-corrected chi connectivity index (χ0v) is 13.1. The number of aryl methyl sites for hydroxylation is 1. The Bertz CT molecular complexity index is 625. The molecule has 1 N–H and O–H groups in total. The Hall–Kier alpha value is -1.92. The number of hydrogen-bond acceptors (Lipinski definition) is 6. The van der Waals surface area contributed by atoms with Crippen LogP contribution >= 0.6 is 11.3 Å². The van der Waals surface area contributed by atoms with Crippen LogP contribution in [0.2, 0.25) is 0 Å². The van der Waals surface area contributed by atoms with Gasteiger partial charge in [0.25, 0.3) is 0 Å². The molecule has 1 aromatic carbocycles. The second-order valence-corrected chi connectivity index (χ2v) is 5.56. The molecular formula is C15H18N2O3S. The molecule has 1 heterocycles. The Labute approximate surface area is 127 Å². The van der Waals surface area contributed by atoms with E-state index in [1.54, 1.807) is 14.0 Å². The Morgan fingerprint density at radius 3 is 2.86 bits per heavy atom. The summed E-state index contributed by atoms with van der Waals surface area (Å²) in [4.78, 5) is 16.9. The van der Waals surface area contributed by atoms with Gasteiger partial charge in [0.05, 0.1) is 13.2 Å². The quantitative estimate of drug-likeness (QED) is 0.827. The fourth-order valence-electron chi connectivity index (χ4n) is 1.88. The second-order valence-electron chi connectivity index (χ2n) is 4.36. The molecule has 5 nitrogen and oxygen atoms in total. The zero-order chi connectivity index (χ0) is 15.2. The third kappa shape index (κ3) is 3.80. The van der Waals surface area contributed by atoms with Gasteiger partial charge < -0.3 is 14.8 Å². The van der Waals surface area contributed by atoms with Crippen molar-refractivity contribution >= 4 is 28.1 Å². The van der Waals surface area contributed by atoms with Gasteiger partial charge in [0.2, 0.25) is 0 Å². The van der Waals surface area contributed by atoms with E-state index in [4.69, 9.17) is 9.47 Å². The van der Waals surface area contributed by atoms with Gasteiger partial charge >= 0.3 is 5.97 Å². The monoisotopic (exact) mass is 306 g/mol. The minimum absolute atomic E-state index is 0.342. The Morgan fingerprint density at radius 2 is 2.14 bits per heavy atom. The number of aromatic nitrogens is 1. The molecule has 0 amide bonds. The molecule has 21 heavy (non-hydrogen) atoms. The number of anilines is 2. The minimum Gasteiger partial charge on any atom is -0.461 e. The van der Waals surface area contributed by atoms with E-state index in [-0.39, 0.29) is 5.97 Å². The van der Waals surface area contributed by atoms with Crippen molar-refractivity contribution < 1.29 is 14.3 Å². The van der Waals surface area contributed by atoms with Gasteiger partial charge in [-0.25, -0.2) is 9.78 Å². The van der Waals surface area contributed by atoms with Crippen molar-refractivity contribution in [2.24, 2.45) is 0 Å². The molecule has 0 saturated heterocycles. The molecular weight excluding hydrogens is 288 g/mol. The lowest BCUT2D eigenvalue weighted by molar-refractivity contribution is 0.0519. The standard InChI is InChI=1S/C15H18N2O3S/c1-4-20-14(18)13-10(2)21-15(17-13)16-12-8-6-5-7-11(12)9-19-3/h5-8H,4,9H2,1-3H3,(H,16,17). The highest BCUT2D eigenvalue weighted by Crippen LogP contribution is 2.27. The summed E-state index contributed by atoms with van der Waals surface area (Å²) in [7, 11) is 1.66. The van der Waals surface area contributed by atoms with E-state index >= 15 is 0 Å². The maximum Gasteiger partial charge on any atom is 0.358 e. The minimum atomic E-state index is -0.385. The van der Waals surface area contributed by atoms with E-state index in [9.17, 15) is 4.79 Å². The molecule has 0 bridgehead atoms. The van der Waals surface area contributed by atoms with Crippen LogP contribution in [-0.2, 0) is 16.1 Å². The van der Waals surface area contributed by atoms with Crippen LogP contribution in [0, 0.1) is 6.92 Å². The molecule has 0 aliphatic rings. The molecule has 0 spiro atoms. The van der Waals surface area contributed by atoms with Gasteiger partial charge in [0.1, 0.15) is 0 Å². The smallest absolute Gasteiger partial charge is 0.358 e. The first-order valence-corrected chi connectivity index (χ1v) is 7.45. The number of esters is 1. The molecule has 0 fully saturated rings. The number of carbonyl (C=O) groups is 1. The van der Waals surface area contributed by atoms with E-state index in [0.717, 1.165) is 16.1 Å². The fraction of sp³-hybridized carbons (Fsp3) is 0.333. The van der Waals surface area contributed by atoms with Crippen molar-refractivity contribution in [2.45, 2.75) is 20.5 Å². The Morgan fingerprint density at radius 1 is 1.38 bits per heavy atom. The molecule has 2 rings (SSSR count). The molecule has 112 valence electrons. The van der Waals surface area contributed by atoms with Crippen LogP contribution in [0.1, 0.15) is 27.9 Å². The summed E-state index contributed by atoms with van der Waals surface area (Å²) in [5, 5.41) is 3.90. The van der Waals surface area contributed by atoms with Crippen LogP contribution in [0.4, 0.5) is 10.8 Å². The van der Waals surface area contributed by atoms with Gasteiger partial charge in [0, 0.05) is 23.2 Å². The summed E-state index contributed by atoms with van der Waals surface area (Å²) in [5.41, 5.74) is 2.32. The number of para-hydroxylation sites is 1. The second kappa shape index (κ2) is 7.19. The van der Waals surface area contributed by atoms with Crippen LogP contribution in [0.3, 0.4) is 0 Å². The van der Waals surface area contributed by atoms with Gasteiger partial charge in [-0.15, -0.1) is 11.3 Å². The van der Waals surface area contributed by atoms with Crippen molar-refractivity contribution in [3.63, 3.8) is 0 Å². The predicted octanol–water partition coefficient (Wildman–Crippen LogP) is 3.52. The van der Waals surface area contributed by atoms with Crippen molar-refractivity contribution in [3.8, 4) is 0 Å². The number of hydrogen-bond donors (Lipinski definition) is 1. The van der Waals surface area contributed by atoms with Gasteiger partial charge in [-0.1, -0.05) is 18.2 Å². The number of rotatable bonds is 6. The van der Waals surface area contributed by atoms with Crippen LogP contribution < -0.4 is 5.32 Å². The molecule has 0 atom stereocenters. The number of ether oxygens (including phenoxy) is 2. The highest BCUT2D eigenvalue weighted by atomic mass is 32.1. The van der Waals surface area contributed by atoms with Crippen molar-refractivity contribution in [1.82, 2.24) is 4.98 Å². The summed E-state index contributed by atoms with van der Waals surface area (Å²) >= 11 is 1.43. The third-order valence-corrected chi connectivity index (χ3v) is 3.71. The first kappa shape index (κ1) is 15.5. The lowest BCUT2D eigenvalue weighted by atomic mass is 10.2. The summed E-state index contributed by atoms with van der Waals surface area (Å²) in [5.74, 6) is -0.385. The number of nitrogens with zero attached hydrogens (tertiary/aromatic N) is 1. The summed E-state index contributed by atoms with van der Waals surface area (Å²) in [6.45, 7) is 4.49. The molecule has 2 aromatic rings. The topological polar surface area (TPSA) is 60.5 Å². The average Bonchev–Trinajstić information content (AvgIpc) is 2.82. The molecule has 1 aromatic heterocycles. The Kier molecular flexibility index (Phi) is 5.30. The van der Waals surface area contributed by atoms with E-state index in [1.165, 1.54) is 11.3 Å². The molecule has 0 unspecified atom stereocenters. The summed E-state index contributed by atoms with van der Waals surface area (Å²) < 4.78 is 10.2. The van der Waals surface area contributed by atoms with Gasteiger partial charge in [0.15, 0.2) is 10.8 Å². The van der Waals surface area contributed by atoms with E-state index in [2.05, 4.69) is 10.3 Å². The maximum absolute atomic E-state index is 11.8. The normalized spacial score (nSPS) is 10.4. The largest absolute Gasteiger partial charge is 0.461 e. The van der Waals surface area contributed by atoms with Crippen molar-refractivity contribution in [3.05, 3.63) is 40.4 Å². The van der Waals surface area contributed by atoms with Crippen molar-refractivity contribution in [1.29, 1.82) is 0 Å². The van der Waals surface area contributed by atoms with E-state index in [0.29, 0.717) is 24.0 Å². The van der Waals surface area contributed by atoms with Gasteiger partial charge in [-0.05, 0) is 19.9 Å². The number of benzene rings is 1. The lowest BCUT2D eigenvalue weighted by Crippen LogP contribution is -2.06. The summed E-state index contributed by atoms with van der Waals surface area (Å²) in [6.07, 6.45) is 0. The highest BCUT2D eigenvalue weighted by Gasteiger charge is 2.16.